The summed E-state index contributed by atoms with van der Waals surface area (Å²) in [4.78, 5) is 12.0. The number of hydrogen-bond donors (Lipinski definition) is 1. The highest BCUT2D eigenvalue weighted by Gasteiger charge is 2.41. The zero-order valence-corrected chi connectivity index (χ0v) is 11.5. The predicted molar refractivity (Wildman–Crippen MR) is 69.8 cm³/mol. The largest absolute Gasteiger partial charge is 0.381 e. The van der Waals surface area contributed by atoms with E-state index >= 15 is 0 Å². The molecule has 1 N–H and O–H groups in total. The number of nitrogens with one attached hydrogen (secondary N) is 1. The van der Waals surface area contributed by atoms with Crippen molar-refractivity contribution in [1.82, 2.24) is 5.32 Å². The van der Waals surface area contributed by atoms with Crippen molar-refractivity contribution in [3.63, 3.8) is 0 Å². The van der Waals surface area contributed by atoms with Crippen molar-refractivity contribution in [2.75, 3.05) is 19.8 Å². The fourth-order valence-corrected chi connectivity index (χ4v) is 2.23. The minimum Gasteiger partial charge on any atom is -0.381 e. The molecule has 0 bridgehead atoms. The van der Waals surface area contributed by atoms with Crippen molar-refractivity contribution in [3.8, 4) is 6.07 Å². The molecule has 1 amide bonds. The van der Waals surface area contributed by atoms with Gasteiger partial charge in [0.1, 0.15) is 5.41 Å². The number of nitriles is 1. The molecule has 0 unspecified atom stereocenters. The van der Waals surface area contributed by atoms with Crippen LogP contribution in [-0.2, 0) is 9.53 Å². The van der Waals surface area contributed by atoms with Crippen LogP contribution >= 0.6 is 0 Å². The molecule has 102 valence electrons. The maximum absolute atomic E-state index is 12.0. The third-order valence-electron chi connectivity index (χ3n) is 3.31. The van der Waals surface area contributed by atoms with Crippen LogP contribution in [0.5, 0.6) is 0 Å². The number of rotatable bonds is 7. The molecule has 0 radical (unpaired) electrons. The topological polar surface area (TPSA) is 62.1 Å². The second-order valence-corrected chi connectivity index (χ2v) is 5.48. The van der Waals surface area contributed by atoms with E-state index in [0.717, 1.165) is 25.9 Å². The van der Waals surface area contributed by atoms with Crippen LogP contribution in [-0.4, -0.2) is 25.7 Å². The van der Waals surface area contributed by atoms with Gasteiger partial charge in [0.25, 0.3) is 0 Å². The zero-order chi connectivity index (χ0) is 13.4. The third-order valence-corrected chi connectivity index (χ3v) is 3.31. The summed E-state index contributed by atoms with van der Waals surface area (Å²) in [7, 11) is 0. The first-order valence-corrected chi connectivity index (χ1v) is 6.88. The zero-order valence-electron chi connectivity index (χ0n) is 11.5. The van der Waals surface area contributed by atoms with Gasteiger partial charge in [-0.15, -0.1) is 0 Å². The molecule has 4 heteroatoms. The Labute approximate surface area is 110 Å². The second-order valence-electron chi connectivity index (χ2n) is 5.48. The normalized spacial score (nSPS) is 17.7. The molecule has 0 aromatic carbocycles. The highest BCUT2D eigenvalue weighted by molar-refractivity contribution is 5.85. The quantitative estimate of drug-likeness (QED) is 0.707. The van der Waals surface area contributed by atoms with Gasteiger partial charge in [-0.05, 0) is 25.2 Å². The predicted octanol–water partition coefficient (Wildman–Crippen LogP) is 2.25. The Morgan fingerprint density at radius 1 is 1.44 bits per heavy atom. The summed E-state index contributed by atoms with van der Waals surface area (Å²) in [6.45, 7) is 6.24. The number of carbonyl (C=O) groups excluding carboxylic acids is 1. The van der Waals surface area contributed by atoms with E-state index in [1.165, 1.54) is 0 Å². The molecule has 1 aliphatic rings. The Morgan fingerprint density at radius 2 is 2.11 bits per heavy atom. The van der Waals surface area contributed by atoms with Gasteiger partial charge in [0.15, 0.2) is 0 Å². The molecular weight excluding hydrogens is 228 g/mol. The summed E-state index contributed by atoms with van der Waals surface area (Å²) in [5.74, 6) is 0.450. The summed E-state index contributed by atoms with van der Waals surface area (Å²) in [5, 5.41) is 12.0. The van der Waals surface area contributed by atoms with E-state index in [1.54, 1.807) is 0 Å². The average Bonchev–Trinajstić information content (AvgIpc) is 2.83. The number of amides is 1. The molecule has 0 aromatic heterocycles. The van der Waals surface area contributed by atoms with E-state index < -0.39 is 5.41 Å². The van der Waals surface area contributed by atoms with E-state index in [0.29, 0.717) is 31.9 Å². The van der Waals surface area contributed by atoms with Gasteiger partial charge in [-0.1, -0.05) is 26.7 Å². The molecule has 0 saturated heterocycles. The summed E-state index contributed by atoms with van der Waals surface area (Å²) >= 11 is 0. The molecule has 0 aromatic rings. The van der Waals surface area contributed by atoms with Crippen LogP contribution in [0.2, 0.25) is 0 Å². The van der Waals surface area contributed by atoms with Gasteiger partial charge in [-0.25, -0.2) is 0 Å². The SMILES string of the molecule is CC(C)COCCCNC(=O)C1(C#N)CCCC1. The lowest BCUT2D eigenvalue weighted by molar-refractivity contribution is -0.128. The molecule has 1 aliphatic carbocycles. The van der Waals surface area contributed by atoms with Crippen LogP contribution < -0.4 is 5.32 Å². The Kier molecular flexibility index (Phi) is 6.14. The maximum atomic E-state index is 12.0. The minimum absolute atomic E-state index is 0.0913. The summed E-state index contributed by atoms with van der Waals surface area (Å²) in [6.07, 6.45) is 4.19. The Hall–Kier alpha value is -1.08. The van der Waals surface area contributed by atoms with Crippen LogP contribution in [0.15, 0.2) is 0 Å². The number of ether oxygens (including phenoxy) is 1. The smallest absolute Gasteiger partial charge is 0.240 e. The maximum Gasteiger partial charge on any atom is 0.240 e. The Bertz CT molecular complexity index is 301. The summed E-state index contributed by atoms with van der Waals surface area (Å²) < 4.78 is 5.44. The van der Waals surface area contributed by atoms with Crippen molar-refractivity contribution >= 4 is 5.91 Å². The summed E-state index contributed by atoms with van der Waals surface area (Å²) in [5.41, 5.74) is -0.751. The van der Waals surface area contributed by atoms with Gasteiger partial charge >= 0.3 is 0 Å². The molecular formula is C14H24N2O2. The third kappa shape index (κ3) is 4.30. The van der Waals surface area contributed by atoms with Crippen LogP contribution in [0.4, 0.5) is 0 Å². The van der Waals surface area contributed by atoms with Crippen molar-refractivity contribution in [2.24, 2.45) is 11.3 Å². The van der Waals surface area contributed by atoms with Gasteiger partial charge < -0.3 is 10.1 Å². The van der Waals surface area contributed by atoms with Gasteiger partial charge in [-0.3, -0.25) is 4.79 Å². The first-order valence-electron chi connectivity index (χ1n) is 6.88. The van der Waals surface area contributed by atoms with Crippen molar-refractivity contribution < 1.29 is 9.53 Å². The van der Waals surface area contributed by atoms with Gasteiger partial charge in [0.05, 0.1) is 6.07 Å². The Morgan fingerprint density at radius 3 is 2.67 bits per heavy atom. The molecule has 0 heterocycles. The molecule has 1 fully saturated rings. The lowest BCUT2D eigenvalue weighted by atomic mass is 9.87. The monoisotopic (exact) mass is 252 g/mol. The van der Waals surface area contributed by atoms with Crippen LogP contribution in [0.25, 0.3) is 0 Å². The molecule has 0 spiro atoms. The molecule has 4 nitrogen and oxygen atoms in total. The van der Waals surface area contributed by atoms with Crippen LogP contribution in [0.1, 0.15) is 46.0 Å². The fourth-order valence-electron chi connectivity index (χ4n) is 2.23. The average molecular weight is 252 g/mol. The minimum atomic E-state index is -0.751. The van der Waals surface area contributed by atoms with Gasteiger partial charge in [0.2, 0.25) is 5.91 Å². The van der Waals surface area contributed by atoms with E-state index in [4.69, 9.17) is 10.00 Å². The second kappa shape index (κ2) is 7.38. The van der Waals surface area contributed by atoms with Crippen molar-refractivity contribution in [1.29, 1.82) is 5.26 Å². The first-order chi connectivity index (χ1) is 8.60. The number of carbonyl (C=O) groups is 1. The molecule has 1 saturated carbocycles. The molecule has 0 atom stereocenters. The van der Waals surface area contributed by atoms with Crippen LogP contribution in [0.3, 0.4) is 0 Å². The number of hydrogen-bond acceptors (Lipinski definition) is 3. The van der Waals surface area contributed by atoms with E-state index in [9.17, 15) is 4.79 Å². The highest BCUT2D eigenvalue weighted by atomic mass is 16.5. The molecule has 0 aliphatic heterocycles. The van der Waals surface area contributed by atoms with E-state index in [1.807, 2.05) is 0 Å². The standard InChI is InChI=1S/C14H24N2O2/c1-12(2)10-18-9-5-8-16-13(17)14(11-15)6-3-4-7-14/h12H,3-10H2,1-2H3,(H,16,17). The fraction of sp³-hybridized carbons (Fsp3) is 0.857. The number of nitrogens with zero attached hydrogens (tertiary/aromatic N) is 1. The Balaban J connectivity index is 2.15. The lowest BCUT2D eigenvalue weighted by Crippen LogP contribution is -2.38. The van der Waals surface area contributed by atoms with E-state index in [-0.39, 0.29) is 5.91 Å². The van der Waals surface area contributed by atoms with Crippen molar-refractivity contribution in [3.05, 3.63) is 0 Å². The summed E-state index contributed by atoms with van der Waals surface area (Å²) in [6, 6.07) is 2.20. The van der Waals surface area contributed by atoms with Gasteiger partial charge in [0, 0.05) is 19.8 Å². The van der Waals surface area contributed by atoms with Gasteiger partial charge in [-0.2, -0.15) is 5.26 Å². The lowest BCUT2D eigenvalue weighted by Gasteiger charge is -2.19. The van der Waals surface area contributed by atoms with Crippen molar-refractivity contribution in [2.45, 2.75) is 46.0 Å². The highest BCUT2D eigenvalue weighted by Crippen LogP contribution is 2.37. The van der Waals surface area contributed by atoms with Crippen LogP contribution in [0, 0.1) is 22.7 Å². The first kappa shape index (κ1) is 15.0. The molecule has 1 rings (SSSR count). The van der Waals surface area contributed by atoms with E-state index in [2.05, 4.69) is 25.2 Å². The molecule has 18 heavy (non-hydrogen) atoms.